The van der Waals surface area contributed by atoms with Crippen molar-refractivity contribution in [2.75, 3.05) is 0 Å². The zero-order chi connectivity index (χ0) is 14.6. The van der Waals surface area contributed by atoms with Gasteiger partial charge in [-0.2, -0.15) is 0 Å². The Hall–Kier alpha value is -0.760. The molecule has 0 fully saturated rings. The minimum absolute atomic E-state index is 0.0275. The van der Waals surface area contributed by atoms with Gasteiger partial charge < -0.3 is 0 Å². The molecule has 102 valence electrons. The molecule has 2 aromatic carbocycles. The molecule has 2 nitrogen and oxygen atoms in total. The van der Waals surface area contributed by atoms with Gasteiger partial charge in [0.2, 0.25) is 3.79 Å². The Morgan fingerprint density at radius 1 is 0.800 bits per heavy atom. The standard InChI is InChI=1S/C16H12I2O2/c17-14(19)11-16(15(18)20,12-7-3-1-4-8-12)13-9-5-2-6-10-13/h1-10H,11H2. The lowest BCUT2D eigenvalue weighted by Gasteiger charge is -2.30. The highest BCUT2D eigenvalue weighted by atomic mass is 127. The summed E-state index contributed by atoms with van der Waals surface area (Å²) in [6.07, 6.45) is 0.170. The van der Waals surface area contributed by atoms with Gasteiger partial charge >= 0.3 is 0 Å². The van der Waals surface area contributed by atoms with Gasteiger partial charge in [-0.15, -0.1) is 0 Å². The zero-order valence-electron chi connectivity index (χ0n) is 10.6. The summed E-state index contributed by atoms with van der Waals surface area (Å²) in [7, 11) is 0. The summed E-state index contributed by atoms with van der Waals surface area (Å²) in [5, 5.41) is 0. The Morgan fingerprint density at radius 2 is 1.20 bits per heavy atom. The molecule has 0 saturated carbocycles. The second kappa shape index (κ2) is 6.80. The molecular formula is C16H12I2O2. The molecule has 0 radical (unpaired) electrons. The number of benzene rings is 2. The predicted molar refractivity (Wildman–Crippen MR) is 96.3 cm³/mol. The van der Waals surface area contributed by atoms with Crippen LogP contribution in [0.4, 0.5) is 0 Å². The van der Waals surface area contributed by atoms with E-state index < -0.39 is 5.41 Å². The Morgan fingerprint density at radius 3 is 1.50 bits per heavy atom. The molecular weight excluding hydrogens is 478 g/mol. The molecule has 0 saturated heterocycles. The maximum atomic E-state index is 12.4. The van der Waals surface area contributed by atoms with Gasteiger partial charge in [0.1, 0.15) is 0 Å². The molecule has 2 aromatic rings. The number of hydrogen-bond donors (Lipinski definition) is 0. The van der Waals surface area contributed by atoms with Gasteiger partial charge in [0.25, 0.3) is 0 Å². The quantitative estimate of drug-likeness (QED) is 0.464. The molecule has 0 aliphatic carbocycles. The highest BCUT2D eigenvalue weighted by Gasteiger charge is 2.41. The fourth-order valence-electron chi connectivity index (χ4n) is 2.32. The minimum Gasteiger partial charge on any atom is -0.288 e. The molecule has 0 aromatic heterocycles. The van der Waals surface area contributed by atoms with Crippen molar-refractivity contribution in [2.24, 2.45) is 0 Å². The summed E-state index contributed by atoms with van der Waals surface area (Å²) in [4.78, 5) is 24.2. The number of rotatable bonds is 5. The number of halogens is 2. The summed E-state index contributed by atoms with van der Waals surface area (Å²) < 4.78 is -0.0714. The second-order valence-corrected chi connectivity index (χ2v) is 6.63. The van der Waals surface area contributed by atoms with E-state index in [0.29, 0.717) is 0 Å². The summed E-state index contributed by atoms with van der Waals surface area (Å²) >= 11 is 3.56. The fraction of sp³-hybridized carbons (Fsp3) is 0.125. The number of carbonyl (C=O) groups excluding carboxylic acids is 2. The van der Waals surface area contributed by atoms with Crippen molar-refractivity contribution in [1.82, 2.24) is 0 Å². The van der Waals surface area contributed by atoms with Crippen molar-refractivity contribution in [1.29, 1.82) is 0 Å². The van der Waals surface area contributed by atoms with Crippen LogP contribution in [0.25, 0.3) is 0 Å². The lowest BCUT2D eigenvalue weighted by molar-refractivity contribution is -0.117. The Kier molecular flexibility index (Phi) is 5.31. The first-order chi connectivity index (χ1) is 9.57. The van der Waals surface area contributed by atoms with E-state index in [2.05, 4.69) is 0 Å². The molecule has 20 heavy (non-hydrogen) atoms. The van der Waals surface area contributed by atoms with Crippen LogP contribution in [0.15, 0.2) is 60.7 Å². The van der Waals surface area contributed by atoms with E-state index in [4.69, 9.17) is 0 Å². The normalized spacial score (nSPS) is 11.1. The predicted octanol–water partition coefficient (Wildman–Crippen LogP) is 4.29. The second-order valence-electron chi connectivity index (χ2n) is 4.44. The van der Waals surface area contributed by atoms with E-state index in [1.807, 2.05) is 60.7 Å². The number of hydrogen-bond acceptors (Lipinski definition) is 2. The smallest absolute Gasteiger partial charge is 0.207 e. The average Bonchev–Trinajstić information content (AvgIpc) is 2.46. The third kappa shape index (κ3) is 3.11. The van der Waals surface area contributed by atoms with Crippen molar-refractivity contribution in [3.05, 3.63) is 71.8 Å². The molecule has 0 aliphatic heterocycles. The van der Waals surface area contributed by atoms with Crippen LogP contribution in [0.1, 0.15) is 17.5 Å². The van der Waals surface area contributed by atoms with Gasteiger partial charge in [-0.3, -0.25) is 9.59 Å². The van der Waals surface area contributed by atoms with Crippen molar-refractivity contribution in [2.45, 2.75) is 11.8 Å². The summed E-state index contributed by atoms with van der Waals surface area (Å²) in [5.41, 5.74) is 0.813. The summed E-state index contributed by atoms with van der Waals surface area (Å²) in [5.74, 6) is 0. The lowest BCUT2D eigenvalue weighted by Crippen LogP contribution is -2.35. The van der Waals surface area contributed by atoms with E-state index >= 15 is 0 Å². The highest BCUT2D eigenvalue weighted by molar-refractivity contribution is 14.1. The van der Waals surface area contributed by atoms with Crippen molar-refractivity contribution >= 4 is 52.8 Å². The first-order valence-corrected chi connectivity index (χ1v) is 8.22. The van der Waals surface area contributed by atoms with Crippen LogP contribution >= 0.6 is 45.2 Å². The molecule has 0 atom stereocenters. The number of carbonyl (C=O) groups is 2. The lowest BCUT2D eigenvalue weighted by atomic mass is 9.73. The molecule has 0 unspecified atom stereocenters. The van der Waals surface area contributed by atoms with Gasteiger partial charge in [0.05, 0.1) is 5.41 Å². The monoisotopic (exact) mass is 490 g/mol. The van der Waals surface area contributed by atoms with Crippen LogP contribution in [0.3, 0.4) is 0 Å². The van der Waals surface area contributed by atoms with Gasteiger partial charge in [-0.1, -0.05) is 60.7 Å². The van der Waals surface area contributed by atoms with E-state index in [1.165, 1.54) is 0 Å². The third-order valence-corrected chi connectivity index (χ3v) is 4.58. The molecule has 0 spiro atoms. The molecule has 0 N–H and O–H groups in total. The van der Waals surface area contributed by atoms with Gasteiger partial charge in [0, 0.05) is 29.0 Å². The minimum atomic E-state index is -0.901. The van der Waals surface area contributed by atoms with Crippen LogP contribution in [0, 0.1) is 0 Å². The molecule has 4 heteroatoms. The maximum Gasteiger partial charge on any atom is 0.207 e. The summed E-state index contributed by atoms with van der Waals surface area (Å²) in [6.45, 7) is 0. The molecule has 0 aliphatic rings. The Balaban J connectivity index is 2.69. The largest absolute Gasteiger partial charge is 0.288 e. The first kappa shape index (κ1) is 15.6. The topological polar surface area (TPSA) is 34.1 Å². The third-order valence-electron chi connectivity index (χ3n) is 3.27. The van der Waals surface area contributed by atoms with Crippen LogP contribution < -0.4 is 0 Å². The molecule has 0 bridgehead atoms. The van der Waals surface area contributed by atoms with Crippen molar-refractivity contribution < 1.29 is 9.59 Å². The van der Waals surface area contributed by atoms with Crippen molar-refractivity contribution in [3.63, 3.8) is 0 Å². The molecule has 0 heterocycles. The highest BCUT2D eigenvalue weighted by Crippen LogP contribution is 2.39. The van der Waals surface area contributed by atoms with Crippen molar-refractivity contribution in [3.8, 4) is 0 Å². The molecule has 0 amide bonds. The van der Waals surface area contributed by atoms with Crippen LogP contribution in [-0.4, -0.2) is 7.58 Å². The van der Waals surface area contributed by atoms with Gasteiger partial charge in [0.15, 0.2) is 3.79 Å². The van der Waals surface area contributed by atoms with Crippen LogP contribution in [0.5, 0.6) is 0 Å². The summed E-state index contributed by atoms with van der Waals surface area (Å²) in [6, 6.07) is 19.0. The Labute approximate surface area is 145 Å². The van der Waals surface area contributed by atoms with E-state index in [0.717, 1.165) is 11.1 Å². The molecule has 2 rings (SSSR count). The van der Waals surface area contributed by atoms with Crippen LogP contribution in [0.2, 0.25) is 0 Å². The Bertz CT molecular complexity index is 569. The van der Waals surface area contributed by atoms with Gasteiger partial charge in [-0.25, -0.2) is 0 Å². The average molecular weight is 490 g/mol. The maximum absolute atomic E-state index is 12.4. The van der Waals surface area contributed by atoms with E-state index in [1.54, 1.807) is 45.2 Å². The first-order valence-electron chi connectivity index (χ1n) is 6.06. The SMILES string of the molecule is O=C(I)CC(C(=O)I)(c1ccccc1)c1ccccc1. The van der Waals surface area contributed by atoms with E-state index in [-0.39, 0.29) is 14.0 Å². The fourth-order valence-corrected chi connectivity index (χ4v) is 3.71. The van der Waals surface area contributed by atoms with Gasteiger partial charge in [-0.05, 0) is 33.7 Å². The zero-order valence-corrected chi connectivity index (χ0v) is 14.9. The van der Waals surface area contributed by atoms with Crippen LogP contribution in [-0.2, 0) is 15.0 Å². The van der Waals surface area contributed by atoms with E-state index in [9.17, 15) is 9.59 Å².